The highest BCUT2D eigenvalue weighted by molar-refractivity contribution is 7.22. The highest BCUT2D eigenvalue weighted by atomic mass is 35.5. The lowest BCUT2D eigenvalue weighted by Gasteiger charge is -2.49. The summed E-state index contributed by atoms with van der Waals surface area (Å²) in [5, 5.41) is 29.2. The maximum absolute atomic E-state index is 15.1. The number of benzene rings is 3. The van der Waals surface area contributed by atoms with Crippen molar-refractivity contribution in [3.63, 3.8) is 0 Å². The van der Waals surface area contributed by atoms with Crippen LogP contribution in [0.4, 0.5) is 5.82 Å². The summed E-state index contributed by atoms with van der Waals surface area (Å²) in [5.41, 5.74) is 1.87. The van der Waals surface area contributed by atoms with Crippen molar-refractivity contribution in [1.29, 1.82) is 0 Å². The van der Waals surface area contributed by atoms with Crippen molar-refractivity contribution in [3.8, 4) is 16.3 Å². The maximum Gasteiger partial charge on any atom is 0.257 e. The predicted molar refractivity (Wildman–Crippen MR) is 188 cm³/mol. The number of phenolic OH excluding ortho intramolecular Hbond substituents is 1. The molecule has 0 bridgehead atoms. The minimum atomic E-state index is -1.29. The van der Waals surface area contributed by atoms with Crippen LogP contribution in [0.2, 0.25) is 5.02 Å². The average molecular weight is 707 g/mol. The number of hydrogen-bond donors (Lipinski definition) is 2. The summed E-state index contributed by atoms with van der Waals surface area (Å²) in [6, 6.07) is 18.2. The van der Waals surface area contributed by atoms with Crippen LogP contribution < -0.4 is 4.90 Å². The molecule has 3 fully saturated rings. The number of fused-ring (bicyclic) bond motifs is 6. The predicted octanol–water partition coefficient (Wildman–Crippen LogP) is 6.74. The number of imide groups is 2. The Kier molecular flexibility index (Phi) is 6.60. The van der Waals surface area contributed by atoms with Gasteiger partial charge in [-0.15, -0.1) is 11.3 Å². The summed E-state index contributed by atoms with van der Waals surface area (Å²) in [5.74, 6) is -5.39. The maximum atomic E-state index is 15.1. The van der Waals surface area contributed by atoms with Crippen molar-refractivity contribution < 1.29 is 29.5 Å². The van der Waals surface area contributed by atoms with Gasteiger partial charge in [0.05, 0.1) is 28.0 Å². The van der Waals surface area contributed by atoms with E-state index in [1.54, 1.807) is 47.3 Å². The van der Waals surface area contributed by atoms with Gasteiger partial charge in [0.1, 0.15) is 17.3 Å². The summed E-state index contributed by atoms with van der Waals surface area (Å²) in [4.78, 5) is 58.3. The molecule has 2 aliphatic heterocycles. The van der Waals surface area contributed by atoms with Crippen LogP contribution in [0.1, 0.15) is 36.8 Å². The molecule has 2 aromatic heterocycles. The number of carbonyl (C=O) groups excluding carboxylic acids is 4. The molecule has 0 radical (unpaired) electrons. The number of halogens is 1. The molecule has 9 rings (SSSR count). The summed E-state index contributed by atoms with van der Waals surface area (Å²) in [7, 11) is 1.71. The lowest BCUT2D eigenvalue weighted by Crippen LogP contribution is -2.49. The second-order valence-corrected chi connectivity index (χ2v) is 15.6. The second-order valence-electron chi connectivity index (χ2n) is 14.1. The van der Waals surface area contributed by atoms with Crippen molar-refractivity contribution in [3.05, 3.63) is 88.5 Å². The summed E-state index contributed by atoms with van der Waals surface area (Å²) < 4.78 is 2.60. The zero-order chi connectivity index (χ0) is 35.0. The van der Waals surface area contributed by atoms with Gasteiger partial charge >= 0.3 is 0 Å². The third-order valence-corrected chi connectivity index (χ3v) is 13.2. The summed E-state index contributed by atoms with van der Waals surface area (Å²) in [6.07, 6.45) is 2.32. The molecule has 4 heterocycles. The number of hydroxylamine groups is 2. The van der Waals surface area contributed by atoms with Crippen LogP contribution in [0.5, 0.6) is 5.75 Å². The molecule has 4 aliphatic rings. The second kappa shape index (κ2) is 10.6. The molecule has 0 unspecified atom stereocenters. The molecule has 2 saturated heterocycles. The highest BCUT2D eigenvalue weighted by Crippen LogP contribution is 2.64. The van der Waals surface area contributed by atoms with Crippen LogP contribution in [-0.4, -0.2) is 48.8 Å². The van der Waals surface area contributed by atoms with Crippen LogP contribution in [0.25, 0.3) is 31.4 Å². The number of aromatic hydroxyl groups is 1. The van der Waals surface area contributed by atoms with Gasteiger partial charge in [-0.2, -0.15) is 10.2 Å². The van der Waals surface area contributed by atoms with Gasteiger partial charge in [0.2, 0.25) is 11.8 Å². The SMILES string of the molecule is Cc1c(-c2cc(N3C(=O)[C@@H]4C[C@@H]5C(=CC[C@@H]6C(=O)N(O)C(=O)[C@@H]65)[C@H](c5ccc(O)c6ccccc56)[C@]4(C)C3=O)n(C)n2)sc2ccc(Cl)cc12. The van der Waals surface area contributed by atoms with Crippen molar-refractivity contribution in [2.45, 2.75) is 32.6 Å². The molecule has 0 spiro atoms. The molecule has 6 atom stereocenters. The number of carbonyl (C=O) groups is 4. The lowest BCUT2D eigenvalue weighted by molar-refractivity contribution is -0.173. The van der Waals surface area contributed by atoms with Crippen LogP contribution >= 0.6 is 22.9 Å². The van der Waals surface area contributed by atoms with Crippen LogP contribution in [-0.2, 0) is 26.2 Å². The van der Waals surface area contributed by atoms with E-state index in [0.717, 1.165) is 37.0 Å². The fraction of sp³-hybridized carbons (Fsp3) is 0.289. The van der Waals surface area contributed by atoms with E-state index >= 15 is 4.79 Å². The van der Waals surface area contributed by atoms with Gasteiger partial charge in [-0.25, -0.2) is 4.90 Å². The lowest BCUT2D eigenvalue weighted by atomic mass is 9.51. The Hall–Kier alpha value is -4.84. The molecule has 50 heavy (non-hydrogen) atoms. The number of aryl methyl sites for hydroxylation is 2. The quantitative estimate of drug-likeness (QED) is 0.121. The van der Waals surface area contributed by atoms with Crippen LogP contribution in [0.3, 0.4) is 0 Å². The minimum absolute atomic E-state index is 0.0836. The molecule has 10 nitrogen and oxygen atoms in total. The smallest absolute Gasteiger partial charge is 0.257 e. The number of rotatable bonds is 3. The number of thiophene rings is 1. The first-order valence-corrected chi connectivity index (χ1v) is 17.7. The average Bonchev–Trinajstić information content (AvgIpc) is 3.76. The first kappa shape index (κ1) is 31.2. The Morgan fingerprint density at radius 2 is 1.70 bits per heavy atom. The van der Waals surface area contributed by atoms with Gasteiger partial charge in [0.25, 0.3) is 11.8 Å². The van der Waals surface area contributed by atoms with Crippen LogP contribution in [0.15, 0.2) is 72.3 Å². The number of amides is 4. The summed E-state index contributed by atoms with van der Waals surface area (Å²) in [6.45, 7) is 3.82. The minimum Gasteiger partial charge on any atom is -0.507 e. The fourth-order valence-electron chi connectivity index (χ4n) is 9.33. The Bertz CT molecular complexity index is 2410. The standard InChI is InChI=1S/C38H31ClN4O6S/c1-17-24-14-18(39)8-13-29(24)50-33(17)27-16-30(41(3)40-27)42-35(46)26-15-25-22(9-10-23-31(25)36(47)43(49)34(23)45)32(38(26,2)37(42)48)21-11-12-28(44)20-7-5-4-6-19(20)21/h4-9,11-14,16,23,25-26,31-32,44,49H,10,15H2,1-3H3/t23-,25+,26-,31-,32-,38+/m0/s1. The Morgan fingerprint density at radius 3 is 2.48 bits per heavy atom. The van der Waals surface area contributed by atoms with Gasteiger partial charge in [-0.05, 0) is 78.8 Å². The first-order valence-electron chi connectivity index (χ1n) is 16.5. The number of nitrogens with zero attached hydrogens (tertiary/aromatic N) is 4. The summed E-state index contributed by atoms with van der Waals surface area (Å²) >= 11 is 7.86. The zero-order valence-corrected chi connectivity index (χ0v) is 28.8. The molecule has 12 heteroatoms. The van der Waals surface area contributed by atoms with E-state index in [1.807, 2.05) is 56.3 Å². The molecular weight excluding hydrogens is 676 g/mol. The van der Waals surface area contributed by atoms with Gasteiger partial charge < -0.3 is 5.11 Å². The van der Waals surface area contributed by atoms with Crippen molar-refractivity contribution in [2.75, 3.05) is 4.90 Å². The van der Waals surface area contributed by atoms with Crippen molar-refractivity contribution in [1.82, 2.24) is 14.8 Å². The normalized spacial score (nSPS) is 27.7. The first-order chi connectivity index (χ1) is 23.9. The number of aromatic nitrogens is 2. The Labute approximate surface area is 295 Å². The van der Waals surface area contributed by atoms with Gasteiger partial charge in [0.15, 0.2) is 0 Å². The van der Waals surface area contributed by atoms with Crippen LogP contribution in [0, 0.1) is 36.0 Å². The molecule has 3 aromatic carbocycles. The number of allylic oxidation sites excluding steroid dienone is 2. The number of anilines is 1. The van der Waals surface area contributed by atoms with E-state index in [2.05, 4.69) is 0 Å². The third kappa shape index (κ3) is 3.96. The third-order valence-electron chi connectivity index (χ3n) is 11.7. The van der Waals surface area contributed by atoms with E-state index in [-0.39, 0.29) is 29.6 Å². The number of phenols is 1. The monoisotopic (exact) mass is 706 g/mol. The molecule has 2 N–H and O–H groups in total. The van der Waals surface area contributed by atoms with E-state index in [0.29, 0.717) is 21.9 Å². The molecule has 1 saturated carbocycles. The number of hydrogen-bond acceptors (Lipinski definition) is 8. The van der Waals surface area contributed by atoms with Crippen molar-refractivity contribution >= 4 is 73.2 Å². The van der Waals surface area contributed by atoms with E-state index in [1.165, 1.54) is 4.90 Å². The van der Waals surface area contributed by atoms with Gasteiger partial charge in [-0.3, -0.25) is 29.1 Å². The Morgan fingerprint density at radius 1 is 0.940 bits per heavy atom. The van der Waals surface area contributed by atoms with E-state index < -0.39 is 52.7 Å². The van der Waals surface area contributed by atoms with E-state index in [9.17, 15) is 24.7 Å². The largest absolute Gasteiger partial charge is 0.507 e. The molecule has 252 valence electrons. The topological polar surface area (TPSA) is 133 Å². The van der Waals surface area contributed by atoms with E-state index in [4.69, 9.17) is 16.7 Å². The molecule has 2 aliphatic carbocycles. The van der Waals surface area contributed by atoms with Crippen molar-refractivity contribution in [2.24, 2.45) is 36.1 Å². The highest BCUT2D eigenvalue weighted by Gasteiger charge is 2.68. The molecule has 5 aromatic rings. The van der Waals surface area contributed by atoms with Gasteiger partial charge in [0, 0.05) is 34.1 Å². The molecule has 4 amide bonds. The fourth-order valence-corrected chi connectivity index (χ4v) is 10.7. The molecular formula is C38H31ClN4O6S. The van der Waals surface area contributed by atoms with Gasteiger partial charge in [-0.1, -0.05) is 53.6 Å². The zero-order valence-electron chi connectivity index (χ0n) is 27.3. The Balaban J connectivity index is 1.21.